The number of rotatable bonds is 4. The van der Waals surface area contributed by atoms with E-state index in [1.807, 2.05) is 6.07 Å². The summed E-state index contributed by atoms with van der Waals surface area (Å²) in [6.07, 6.45) is 3.17. The lowest BCUT2D eigenvalue weighted by Gasteiger charge is -2.13. The van der Waals surface area contributed by atoms with Crippen molar-refractivity contribution >= 4 is 51.3 Å². The summed E-state index contributed by atoms with van der Waals surface area (Å²) in [6, 6.07) is 8.83. The first-order valence-corrected chi connectivity index (χ1v) is 8.82. The fraction of sp³-hybridized carbons (Fsp3) is 0.0588. The van der Waals surface area contributed by atoms with Gasteiger partial charge in [0, 0.05) is 34.3 Å². The van der Waals surface area contributed by atoms with Gasteiger partial charge in [0.1, 0.15) is 11.9 Å². The summed E-state index contributed by atoms with van der Waals surface area (Å²) in [5.41, 5.74) is 1.40. The van der Waals surface area contributed by atoms with E-state index in [0.717, 1.165) is 0 Å². The third-order valence-corrected chi connectivity index (χ3v) is 4.70. The average Bonchev–Trinajstić information content (AvgIpc) is 2.63. The molecule has 2 aromatic carbocycles. The molecule has 1 aromatic heterocycles. The van der Waals surface area contributed by atoms with Crippen molar-refractivity contribution in [3.8, 4) is 6.07 Å². The molecule has 0 aliphatic rings. The van der Waals surface area contributed by atoms with Crippen LogP contribution in [0, 0.1) is 27.3 Å². The molecule has 3 rings (SSSR count). The van der Waals surface area contributed by atoms with Crippen LogP contribution in [0.25, 0.3) is 10.9 Å². The molecule has 0 aliphatic carbocycles. The zero-order valence-electron chi connectivity index (χ0n) is 13.3. The van der Waals surface area contributed by atoms with E-state index < -0.39 is 10.7 Å². The lowest BCUT2D eigenvalue weighted by Crippen LogP contribution is -1.99. The Labute approximate surface area is 156 Å². The number of hydrogen-bond acceptors (Lipinski definition) is 6. The van der Waals surface area contributed by atoms with Crippen molar-refractivity contribution in [1.29, 1.82) is 5.26 Å². The van der Waals surface area contributed by atoms with Crippen molar-refractivity contribution in [1.82, 2.24) is 4.98 Å². The van der Waals surface area contributed by atoms with Gasteiger partial charge < -0.3 is 5.32 Å². The number of hydrogen-bond donors (Lipinski definition) is 1. The number of nitro benzene ring substituents is 1. The van der Waals surface area contributed by atoms with E-state index >= 15 is 0 Å². The van der Waals surface area contributed by atoms with Gasteiger partial charge in [-0.05, 0) is 24.5 Å². The second-order valence-corrected chi connectivity index (χ2v) is 6.47. The number of non-ortho nitro benzene ring substituents is 1. The Kier molecular flexibility index (Phi) is 4.93. The van der Waals surface area contributed by atoms with Gasteiger partial charge in [-0.15, -0.1) is 11.8 Å². The lowest BCUT2D eigenvalue weighted by molar-refractivity contribution is -0.384. The number of nitrogens with zero attached hydrogens (tertiary/aromatic N) is 3. The van der Waals surface area contributed by atoms with Gasteiger partial charge in [0.25, 0.3) is 5.69 Å². The first kappa shape index (κ1) is 17.9. The predicted octanol–water partition coefficient (Wildman–Crippen LogP) is 5.27. The zero-order valence-corrected chi connectivity index (χ0v) is 14.9. The number of nitrogens with one attached hydrogen (secondary N) is 1. The summed E-state index contributed by atoms with van der Waals surface area (Å²) in [5.74, 6) is -0.572. The molecule has 26 heavy (non-hydrogen) atoms. The molecule has 1 N–H and O–H groups in total. The summed E-state index contributed by atoms with van der Waals surface area (Å²) < 4.78 is 13.4. The predicted molar refractivity (Wildman–Crippen MR) is 99.6 cm³/mol. The van der Waals surface area contributed by atoms with Crippen molar-refractivity contribution in [3.05, 3.63) is 63.0 Å². The van der Waals surface area contributed by atoms with Crippen LogP contribution in [0.2, 0.25) is 5.02 Å². The molecule has 0 amide bonds. The SMILES string of the molecule is CSc1cc([N+](=O)[O-])cc2c(Nc3ccc(F)c(Cl)c3)c(C#N)cnc12. The minimum Gasteiger partial charge on any atom is -0.354 e. The summed E-state index contributed by atoms with van der Waals surface area (Å²) in [4.78, 5) is 15.6. The van der Waals surface area contributed by atoms with E-state index in [4.69, 9.17) is 11.6 Å². The van der Waals surface area contributed by atoms with E-state index in [-0.39, 0.29) is 16.3 Å². The van der Waals surface area contributed by atoms with Crippen LogP contribution in [-0.2, 0) is 0 Å². The Bertz CT molecular complexity index is 1080. The zero-order chi connectivity index (χ0) is 18.8. The number of aromatic nitrogens is 1. The Morgan fingerprint density at radius 2 is 2.15 bits per heavy atom. The normalized spacial score (nSPS) is 10.5. The van der Waals surface area contributed by atoms with Gasteiger partial charge in [-0.25, -0.2) is 4.39 Å². The van der Waals surface area contributed by atoms with E-state index in [9.17, 15) is 19.8 Å². The fourth-order valence-electron chi connectivity index (χ4n) is 2.45. The maximum Gasteiger partial charge on any atom is 0.271 e. The van der Waals surface area contributed by atoms with Crippen LogP contribution in [-0.4, -0.2) is 16.2 Å². The number of benzene rings is 2. The first-order chi connectivity index (χ1) is 12.4. The number of thioether (sulfide) groups is 1. The van der Waals surface area contributed by atoms with Gasteiger partial charge in [-0.3, -0.25) is 15.1 Å². The molecule has 9 heteroatoms. The van der Waals surface area contributed by atoms with Crippen molar-refractivity contribution in [2.75, 3.05) is 11.6 Å². The van der Waals surface area contributed by atoms with Crippen LogP contribution in [0.1, 0.15) is 5.56 Å². The number of anilines is 2. The van der Waals surface area contributed by atoms with Crippen LogP contribution in [0.3, 0.4) is 0 Å². The van der Waals surface area contributed by atoms with Crippen LogP contribution < -0.4 is 5.32 Å². The molecule has 130 valence electrons. The van der Waals surface area contributed by atoms with Gasteiger partial charge in [-0.2, -0.15) is 5.26 Å². The molecular weight excluding hydrogens is 379 g/mol. The number of pyridine rings is 1. The quantitative estimate of drug-likeness (QED) is 0.371. The maximum absolute atomic E-state index is 13.4. The molecule has 0 bridgehead atoms. The highest BCUT2D eigenvalue weighted by Crippen LogP contribution is 2.37. The molecule has 0 saturated carbocycles. The minimum atomic E-state index is -0.572. The second kappa shape index (κ2) is 7.15. The molecule has 0 fully saturated rings. The number of nitro groups is 1. The van der Waals surface area contributed by atoms with Crippen LogP contribution in [0.4, 0.5) is 21.5 Å². The fourth-order valence-corrected chi connectivity index (χ4v) is 3.23. The Morgan fingerprint density at radius 3 is 2.77 bits per heavy atom. The second-order valence-electron chi connectivity index (χ2n) is 5.21. The monoisotopic (exact) mass is 388 g/mol. The molecule has 0 spiro atoms. The molecule has 0 atom stereocenters. The van der Waals surface area contributed by atoms with Crippen molar-refractivity contribution < 1.29 is 9.31 Å². The number of halogens is 2. The smallest absolute Gasteiger partial charge is 0.271 e. The van der Waals surface area contributed by atoms with Crippen LogP contribution >= 0.6 is 23.4 Å². The highest BCUT2D eigenvalue weighted by Gasteiger charge is 2.18. The molecule has 3 aromatic rings. The van der Waals surface area contributed by atoms with E-state index in [1.165, 1.54) is 48.3 Å². The van der Waals surface area contributed by atoms with E-state index in [1.54, 1.807) is 6.26 Å². The van der Waals surface area contributed by atoms with Gasteiger partial charge in [0.05, 0.1) is 26.7 Å². The van der Waals surface area contributed by atoms with E-state index in [2.05, 4.69) is 10.3 Å². The lowest BCUT2D eigenvalue weighted by atomic mass is 10.1. The first-order valence-electron chi connectivity index (χ1n) is 7.22. The van der Waals surface area contributed by atoms with Crippen molar-refractivity contribution in [2.45, 2.75) is 4.90 Å². The highest BCUT2D eigenvalue weighted by atomic mass is 35.5. The summed E-state index contributed by atoms with van der Waals surface area (Å²) in [5, 5.41) is 24.0. The third-order valence-electron chi connectivity index (χ3n) is 3.66. The van der Waals surface area contributed by atoms with Gasteiger partial charge >= 0.3 is 0 Å². The molecule has 0 unspecified atom stereocenters. The van der Waals surface area contributed by atoms with Crippen LogP contribution in [0.5, 0.6) is 0 Å². The molecule has 0 aliphatic heterocycles. The van der Waals surface area contributed by atoms with Crippen molar-refractivity contribution in [2.24, 2.45) is 0 Å². The van der Waals surface area contributed by atoms with Crippen molar-refractivity contribution in [3.63, 3.8) is 0 Å². The Hall–Kier alpha value is -2.89. The third kappa shape index (κ3) is 3.27. The molecule has 6 nitrogen and oxygen atoms in total. The standard InChI is InChI=1S/C17H10ClFN4O2S/c1-26-15-6-11(23(24)25)5-12-16(9(7-20)8-21-17(12)15)22-10-2-3-14(19)13(18)4-10/h2-6,8H,1H3,(H,21,22). The Morgan fingerprint density at radius 1 is 1.38 bits per heavy atom. The molecule has 0 saturated heterocycles. The van der Waals surface area contributed by atoms with Gasteiger partial charge in [0.15, 0.2) is 0 Å². The maximum atomic E-state index is 13.4. The minimum absolute atomic E-state index is 0.0809. The molecule has 1 heterocycles. The largest absolute Gasteiger partial charge is 0.354 e. The van der Waals surface area contributed by atoms with Gasteiger partial charge in [-0.1, -0.05) is 11.6 Å². The topological polar surface area (TPSA) is 91.9 Å². The highest BCUT2D eigenvalue weighted by molar-refractivity contribution is 7.98. The van der Waals surface area contributed by atoms with Gasteiger partial charge in [0.2, 0.25) is 0 Å². The average molecular weight is 389 g/mol. The van der Waals surface area contributed by atoms with E-state index in [0.29, 0.717) is 27.2 Å². The summed E-state index contributed by atoms with van der Waals surface area (Å²) in [6.45, 7) is 0. The number of nitriles is 1. The van der Waals surface area contributed by atoms with Crippen LogP contribution in [0.15, 0.2) is 41.4 Å². The summed E-state index contributed by atoms with van der Waals surface area (Å²) in [7, 11) is 0. The Balaban J connectivity index is 2.27. The summed E-state index contributed by atoms with van der Waals surface area (Å²) >= 11 is 7.12. The molecular formula is C17H10ClFN4O2S. The molecule has 0 radical (unpaired) electrons. The number of fused-ring (bicyclic) bond motifs is 1.